The molecule has 4 heteroatoms. The standard InChI is InChI=1S/C14H20ClNO2/c1-16-7-3-6-14(17,10-16)9-11-8-12(15)4-5-13(11)18-2/h4-5,8,17H,3,6-7,9-10H2,1-2H3. The van der Waals surface area contributed by atoms with Crippen molar-refractivity contribution >= 4 is 11.6 Å². The van der Waals surface area contributed by atoms with Gasteiger partial charge in [0.25, 0.3) is 0 Å². The van der Waals surface area contributed by atoms with E-state index in [0.717, 1.165) is 30.7 Å². The maximum atomic E-state index is 10.7. The molecule has 100 valence electrons. The molecule has 1 saturated heterocycles. The Kier molecular flexibility index (Phi) is 4.15. The van der Waals surface area contributed by atoms with Crippen LogP contribution in [0.5, 0.6) is 5.75 Å². The van der Waals surface area contributed by atoms with E-state index in [-0.39, 0.29) is 0 Å². The minimum atomic E-state index is -0.676. The molecule has 1 unspecified atom stereocenters. The Labute approximate surface area is 113 Å². The Bertz CT molecular complexity index is 424. The lowest BCUT2D eigenvalue weighted by Crippen LogP contribution is -2.47. The number of hydrogen-bond acceptors (Lipinski definition) is 3. The fraction of sp³-hybridized carbons (Fsp3) is 0.571. The van der Waals surface area contributed by atoms with E-state index in [1.807, 2.05) is 19.2 Å². The van der Waals surface area contributed by atoms with Gasteiger partial charge in [-0.15, -0.1) is 0 Å². The molecule has 1 atom stereocenters. The maximum Gasteiger partial charge on any atom is 0.122 e. The summed E-state index contributed by atoms with van der Waals surface area (Å²) in [6, 6.07) is 5.54. The molecule has 1 aliphatic heterocycles. The Balaban J connectivity index is 2.19. The molecule has 1 aromatic carbocycles. The van der Waals surface area contributed by atoms with Crippen LogP contribution in [0.25, 0.3) is 0 Å². The Morgan fingerprint density at radius 3 is 2.94 bits per heavy atom. The number of hydrogen-bond donors (Lipinski definition) is 1. The molecule has 18 heavy (non-hydrogen) atoms. The number of benzene rings is 1. The molecule has 0 bridgehead atoms. The fourth-order valence-electron chi connectivity index (χ4n) is 2.72. The van der Waals surface area contributed by atoms with Gasteiger partial charge in [-0.3, -0.25) is 0 Å². The molecular formula is C14H20ClNO2. The second-order valence-corrected chi connectivity index (χ2v) is 5.64. The summed E-state index contributed by atoms with van der Waals surface area (Å²) in [4.78, 5) is 2.17. The van der Waals surface area contributed by atoms with Gasteiger partial charge in [0, 0.05) is 18.0 Å². The summed E-state index contributed by atoms with van der Waals surface area (Å²) in [6.07, 6.45) is 2.43. The number of piperidine rings is 1. The molecule has 0 radical (unpaired) electrons. The van der Waals surface area contributed by atoms with Gasteiger partial charge >= 0.3 is 0 Å². The van der Waals surface area contributed by atoms with Gasteiger partial charge in [0.1, 0.15) is 5.75 Å². The smallest absolute Gasteiger partial charge is 0.122 e. The molecule has 3 nitrogen and oxygen atoms in total. The Hall–Kier alpha value is -0.770. The third-order valence-electron chi connectivity index (χ3n) is 3.51. The predicted molar refractivity (Wildman–Crippen MR) is 73.4 cm³/mol. The second-order valence-electron chi connectivity index (χ2n) is 5.20. The number of ether oxygens (including phenoxy) is 1. The van der Waals surface area contributed by atoms with Gasteiger partial charge in [-0.2, -0.15) is 0 Å². The molecule has 0 spiro atoms. The largest absolute Gasteiger partial charge is 0.496 e. The third-order valence-corrected chi connectivity index (χ3v) is 3.74. The van der Waals surface area contributed by atoms with Crippen molar-refractivity contribution in [2.75, 3.05) is 27.2 Å². The molecule has 1 N–H and O–H groups in total. The van der Waals surface area contributed by atoms with Gasteiger partial charge in [-0.25, -0.2) is 0 Å². The number of aliphatic hydroxyl groups is 1. The van der Waals surface area contributed by atoms with Gasteiger partial charge in [0.05, 0.1) is 12.7 Å². The summed E-state index contributed by atoms with van der Waals surface area (Å²) < 4.78 is 5.33. The lowest BCUT2D eigenvalue weighted by atomic mass is 9.86. The van der Waals surface area contributed by atoms with E-state index >= 15 is 0 Å². The van der Waals surface area contributed by atoms with Crippen LogP contribution in [0.4, 0.5) is 0 Å². The number of nitrogens with zero attached hydrogens (tertiary/aromatic N) is 1. The third kappa shape index (κ3) is 3.16. The number of likely N-dealkylation sites (N-methyl/N-ethyl adjacent to an activating group) is 1. The first kappa shape index (κ1) is 13.7. The normalized spacial score (nSPS) is 25.1. The van der Waals surface area contributed by atoms with Gasteiger partial charge in [0.2, 0.25) is 0 Å². The lowest BCUT2D eigenvalue weighted by molar-refractivity contribution is -0.0227. The Morgan fingerprint density at radius 2 is 2.28 bits per heavy atom. The van der Waals surface area contributed by atoms with E-state index in [4.69, 9.17) is 16.3 Å². The van der Waals surface area contributed by atoms with Crippen LogP contribution in [-0.4, -0.2) is 42.9 Å². The Morgan fingerprint density at radius 1 is 1.50 bits per heavy atom. The van der Waals surface area contributed by atoms with Gasteiger partial charge in [0.15, 0.2) is 0 Å². The number of halogens is 1. The monoisotopic (exact) mass is 269 g/mol. The average molecular weight is 270 g/mol. The summed E-state index contributed by atoms with van der Waals surface area (Å²) in [6.45, 7) is 1.75. The van der Waals surface area contributed by atoms with Crippen LogP contribution in [-0.2, 0) is 6.42 Å². The van der Waals surface area contributed by atoms with Crippen LogP contribution < -0.4 is 4.74 Å². The fourth-order valence-corrected chi connectivity index (χ4v) is 2.92. The van der Waals surface area contributed by atoms with Crippen molar-refractivity contribution in [2.45, 2.75) is 24.9 Å². The first-order chi connectivity index (χ1) is 8.52. The topological polar surface area (TPSA) is 32.7 Å². The molecule has 0 amide bonds. The van der Waals surface area contributed by atoms with Crippen molar-refractivity contribution in [3.8, 4) is 5.75 Å². The van der Waals surface area contributed by atoms with Crippen molar-refractivity contribution in [3.63, 3.8) is 0 Å². The summed E-state index contributed by atoms with van der Waals surface area (Å²) >= 11 is 6.02. The van der Waals surface area contributed by atoms with Crippen molar-refractivity contribution < 1.29 is 9.84 Å². The molecule has 2 rings (SSSR count). The molecule has 0 saturated carbocycles. The van der Waals surface area contributed by atoms with Gasteiger partial charge < -0.3 is 14.7 Å². The summed E-state index contributed by atoms with van der Waals surface area (Å²) in [5, 5.41) is 11.3. The highest BCUT2D eigenvalue weighted by molar-refractivity contribution is 6.30. The van der Waals surface area contributed by atoms with Crippen LogP contribution >= 0.6 is 11.6 Å². The minimum Gasteiger partial charge on any atom is -0.496 e. The molecule has 0 aromatic heterocycles. The lowest BCUT2D eigenvalue weighted by Gasteiger charge is -2.37. The maximum absolute atomic E-state index is 10.7. The molecule has 1 heterocycles. The van der Waals surface area contributed by atoms with E-state index in [9.17, 15) is 5.11 Å². The zero-order valence-corrected chi connectivity index (χ0v) is 11.7. The first-order valence-electron chi connectivity index (χ1n) is 6.26. The molecular weight excluding hydrogens is 250 g/mol. The molecule has 1 aromatic rings. The van der Waals surface area contributed by atoms with Crippen LogP contribution in [0.3, 0.4) is 0 Å². The average Bonchev–Trinajstić information content (AvgIpc) is 2.28. The first-order valence-corrected chi connectivity index (χ1v) is 6.63. The van der Waals surface area contributed by atoms with E-state index in [1.165, 1.54) is 0 Å². The highest BCUT2D eigenvalue weighted by atomic mass is 35.5. The second kappa shape index (κ2) is 5.47. The zero-order chi connectivity index (χ0) is 13.2. The van der Waals surface area contributed by atoms with E-state index < -0.39 is 5.60 Å². The van der Waals surface area contributed by atoms with Gasteiger partial charge in [-0.05, 0) is 50.2 Å². The van der Waals surface area contributed by atoms with Crippen molar-refractivity contribution in [1.82, 2.24) is 4.90 Å². The van der Waals surface area contributed by atoms with Crippen molar-refractivity contribution in [3.05, 3.63) is 28.8 Å². The van der Waals surface area contributed by atoms with Crippen LogP contribution in [0.1, 0.15) is 18.4 Å². The summed E-state index contributed by atoms with van der Waals surface area (Å²) in [5.41, 5.74) is 0.299. The SMILES string of the molecule is COc1ccc(Cl)cc1CC1(O)CCCN(C)C1. The van der Waals surface area contributed by atoms with Crippen LogP contribution in [0.2, 0.25) is 5.02 Å². The number of rotatable bonds is 3. The summed E-state index contributed by atoms with van der Waals surface area (Å²) in [5.74, 6) is 0.793. The minimum absolute atomic E-state index is 0.584. The molecule has 1 aliphatic rings. The van der Waals surface area contributed by atoms with Crippen LogP contribution in [0.15, 0.2) is 18.2 Å². The highest BCUT2D eigenvalue weighted by Crippen LogP contribution is 2.30. The van der Waals surface area contributed by atoms with Crippen LogP contribution in [0, 0.1) is 0 Å². The number of likely N-dealkylation sites (tertiary alicyclic amines) is 1. The number of methoxy groups -OCH3 is 1. The quantitative estimate of drug-likeness (QED) is 0.914. The van der Waals surface area contributed by atoms with Crippen molar-refractivity contribution in [1.29, 1.82) is 0 Å². The van der Waals surface area contributed by atoms with E-state index in [0.29, 0.717) is 18.0 Å². The summed E-state index contributed by atoms with van der Waals surface area (Å²) in [7, 11) is 3.68. The molecule has 0 aliphatic carbocycles. The van der Waals surface area contributed by atoms with Gasteiger partial charge in [-0.1, -0.05) is 11.6 Å². The number of β-amino-alcohol motifs (C(OH)–C–C–N with tert-alkyl or cyclic N) is 1. The predicted octanol–water partition coefficient (Wildman–Crippen LogP) is 2.35. The van der Waals surface area contributed by atoms with Crippen molar-refractivity contribution in [2.24, 2.45) is 0 Å². The zero-order valence-electron chi connectivity index (χ0n) is 10.9. The van der Waals surface area contributed by atoms with E-state index in [2.05, 4.69) is 4.90 Å². The van der Waals surface area contributed by atoms with E-state index in [1.54, 1.807) is 13.2 Å². The molecule has 1 fully saturated rings. The highest BCUT2D eigenvalue weighted by Gasteiger charge is 2.32.